The number of hydrogen-bond acceptors (Lipinski definition) is 4. The van der Waals surface area contributed by atoms with E-state index in [0.717, 1.165) is 10.8 Å². The van der Waals surface area contributed by atoms with Gasteiger partial charge in [-0.25, -0.2) is 0 Å². The third kappa shape index (κ3) is 3.10. The predicted molar refractivity (Wildman–Crippen MR) is 74.7 cm³/mol. The Hall–Kier alpha value is -2.36. The summed E-state index contributed by atoms with van der Waals surface area (Å²) in [5.41, 5.74) is 0.669. The molecule has 0 unspecified atom stereocenters. The zero-order chi connectivity index (χ0) is 13.7. The van der Waals surface area contributed by atoms with Gasteiger partial charge in [0.25, 0.3) is 0 Å². The Morgan fingerprint density at radius 1 is 1.32 bits per heavy atom. The summed E-state index contributed by atoms with van der Waals surface area (Å²) in [4.78, 5) is 15.1. The predicted octanol–water partition coefficient (Wildman–Crippen LogP) is 2.53. The van der Waals surface area contributed by atoms with E-state index in [-0.39, 0.29) is 18.1 Å². The number of ether oxygens (including phenoxy) is 1. The second-order valence-electron chi connectivity index (χ2n) is 4.08. The molecule has 4 heteroatoms. The van der Waals surface area contributed by atoms with Gasteiger partial charge in [-0.05, 0) is 16.8 Å². The van der Waals surface area contributed by atoms with Gasteiger partial charge in [0.05, 0.1) is 13.5 Å². The van der Waals surface area contributed by atoms with Crippen LogP contribution in [0.1, 0.15) is 12.0 Å². The van der Waals surface area contributed by atoms with E-state index in [1.165, 1.54) is 7.11 Å². The third-order valence-electron chi connectivity index (χ3n) is 2.84. The lowest BCUT2D eigenvalue weighted by atomic mass is 10.0. The maximum absolute atomic E-state index is 11.0. The van der Waals surface area contributed by atoms with Crippen LogP contribution in [-0.4, -0.2) is 30.9 Å². The SMILES string of the molecule is COC(=O)CCN=Cc1c(O)ccc2ccccc12. The standard InChI is InChI=1S/C15H15NO3/c1-19-15(18)8-9-16-10-13-12-5-3-2-4-11(12)6-7-14(13)17/h2-7,10,17H,8-9H2,1H3. The van der Waals surface area contributed by atoms with Crippen LogP contribution in [0.25, 0.3) is 10.8 Å². The Labute approximate surface area is 111 Å². The molecule has 0 aromatic heterocycles. The average molecular weight is 257 g/mol. The zero-order valence-corrected chi connectivity index (χ0v) is 10.7. The lowest BCUT2D eigenvalue weighted by molar-refractivity contribution is -0.140. The molecule has 0 aliphatic carbocycles. The number of aromatic hydroxyl groups is 1. The maximum atomic E-state index is 11.0. The largest absolute Gasteiger partial charge is 0.507 e. The van der Waals surface area contributed by atoms with Gasteiger partial charge < -0.3 is 9.84 Å². The summed E-state index contributed by atoms with van der Waals surface area (Å²) in [6.07, 6.45) is 1.83. The average Bonchev–Trinajstić information content (AvgIpc) is 2.45. The molecule has 0 aliphatic rings. The number of aliphatic imine (C=N–C) groups is 1. The molecule has 98 valence electrons. The van der Waals surface area contributed by atoms with Gasteiger partial charge in [-0.3, -0.25) is 9.79 Å². The monoisotopic (exact) mass is 257 g/mol. The number of carbonyl (C=O) groups is 1. The summed E-state index contributed by atoms with van der Waals surface area (Å²) in [5, 5.41) is 11.9. The van der Waals surface area contributed by atoms with Crippen LogP contribution in [-0.2, 0) is 9.53 Å². The van der Waals surface area contributed by atoms with E-state index >= 15 is 0 Å². The van der Waals surface area contributed by atoms with E-state index < -0.39 is 0 Å². The number of nitrogens with zero attached hydrogens (tertiary/aromatic N) is 1. The topological polar surface area (TPSA) is 58.9 Å². The van der Waals surface area contributed by atoms with Crippen molar-refractivity contribution in [2.75, 3.05) is 13.7 Å². The molecule has 0 heterocycles. The molecule has 2 aromatic rings. The first kappa shape index (κ1) is 13.1. The first-order valence-electron chi connectivity index (χ1n) is 5.99. The van der Waals surface area contributed by atoms with E-state index in [2.05, 4.69) is 9.73 Å². The smallest absolute Gasteiger partial charge is 0.307 e. The molecule has 0 atom stereocenters. The zero-order valence-electron chi connectivity index (χ0n) is 10.7. The Balaban J connectivity index is 2.22. The summed E-state index contributed by atoms with van der Waals surface area (Å²) < 4.78 is 4.53. The summed E-state index contributed by atoms with van der Waals surface area (Å²) in [7, 11) is 1.35. The van der Waals surface area contributed by atoms with Crippen molar-refractivity contribution in [2.24, 2.45) is 4.99 Å². The van der Waals surface area contributed by atoms with Crippen LogP contribution in [0, 0.1) is 0 Å². The summed E-state index contributed by atoms with van der Waals surface area (Å²) in [6, 6.07) is 11.3. The van der Waals surface area contributed by atoms with Gasteiger partial charge in [0.2, 0.25) is 0 Å². The van der Waals surface area contributed by atoms with Gasteiger partial charge >= 0.3 is 5.97 Å². The molecule has 0 spiro atoms. The van der Waals surface area contributed by atoms with Crippen LogP contribution >= 0.6 is 0 Å². The molecular weight excluding hydrogens is 242 g/mol. The maximum Gasteiger partial charge on any atom is 0.307 e. The van der Waals surface area contributed by atoms with Crippen molar-refractivity contribution < 1.29 is 14.6 Å². The fourth-order valence-corrected chi connectivity index (χ4v) is 1.83. The number of phenols is 1. The molecule has 2 rings (SSSR count). The Morgan fingerprint density at radius 3 is 2.89 bits per heavy atom. The molecule has 0 saturated carbocycles. The lowest BCUT2D eigenvalue weighted by Gasteiger charge is -2.04. The molecule has 0 saturated heterocycles. The van der Waals surface area contributed by atoms with Gasteiger partial charge in [-0.2, -0.15) is 0 Å². The first-order chi connectivity index (χ1) is 9.22. The molecular formula is C15H15NO3. The minimum atomic E-state index is -0.292. The highest BCUT2D eigenvalue weighted by Crippen LogP contribution is 2.25. The van der Waals surface area contributed by atoms with Crippen LogP contribution in [0.2, 0.25) is 0 Å². The van der Waals surface area contributed by atoms with Gasteiger partial charge in [-0.15, -0.1) is 0 Å². The van der Waals surface area contributed by atoms with Crippen molar-refractivity contribution in [3.8, 4) is 5.75 Å². The van der Waals surface area contributed by atoms with Crippen molar-refractivity contribution in [1.82, 2.24) is 0 Å². The molecule has 0 amide bonds. The van der Waals surface area contributed by atoms with Gasteiger partial charge in [0.15, 0.2) is 0 Å². The fourth-order valence-electron chi connectivity index (χ4n) is 1.83. The quantitative estimate of drug-likeness (QED) is 0.676. The van der Waals surface area contributed by atoms with Gasteiger partial charge in [-0.1, -0.05) is 30.3 Å². The van der Waals surface area contributed by atoms with Crippen LogP contribution < -0.4 is 0 Å². The molecule has 19 heavy (non-hydrogen) atoms. The van der Waals surface area contributed by atoms with Gasteiger partial charge in [0, 0.05) is 18.3 Å². The van der Waals surface area contributed by atoms with Crippen molar-refractivity contribution in [1.29, 1.82) is 0 Å². The third-order valence-corrected chi connectivity index (χ3v) is 2.84. The molecule has 4 nitrogen and oxygen atoms in total. The van der Waals surface area contributed by atoms with E-state index in [0.29, 0.717) is 12.1 Å². The van der Waals surface area contributed by atoms with Crippen LogP contribution in [0.15, 0.2) is 41.4 Å². The number of phenolic OH excluding ortho intramolecular Hbond substituents is 1. The summed E-state index contributed by atoms with van der Waals surface area (Å²) >= 11 is 0. The number of esters is 1. The number of fused-ring (bicyclic) bond motifs is 1. The highest BCUT2D eigenvalue weighted by Gasteiger charge is 2.04. The summed E-state index contributed by atoms with van der Waals surface area (Å²) in [6.45, 7) is 0.343. The minimum Gasteiger partial charge on any atom is -0.507 e. The van der Waals surface area contributed by atoms with Crippen LogP contribution in [0.3, 0.4) is 0 Å². The van der Waals surface area contributed by atoms with Crippen LogP contribution in [0.4, 0.5) is 0 Å². The molecule has 0 fully saturated rings. The highest BCUT2D eigenvalue weighted by atomic mass is 16.5. The fraction of sp³-hybridized carbons (Fsp3) is 0.200. The highest BCUT2D eigenvalue weighted by molar-refractivity contribution is 6.02. The number of hydrogen-bond donors (Lipinski definition) is 1. The van der Waals surface area contributed by atoms with Crippen molar-refractivity contribution >= 4 is 23.0 Å². The molecule has 0 aliphatic heterocycles. The number of benzene rings is 2. The van der Waals surface area contributed by atoms with Crippen LogP contribution in [0.5, 0.6) is 5.75 Å². The molecule has 1 N–H and O–H groups in total. The van der Waals surface area contributed by atoms with Crippen molar-refractivity contribution in [3.05, 3.63) is 42.0 Å². The Morgan fingerprint density at radius 2 is 2.11 bits per heavy atom. The van der Waals surface area contributed by atoms with Crippen molar-refractivity contribution in [2.45, 2.75) is 6.42 Å². The Kier molecular flexibility index (Phi) is 4.13. The minimum absolute atomic E-state index is 0.181. The molecule has 2 aromatic carbocycles. The van der Waals surface area contributed by atoms with Crippen molar-refractivity contribution in [3.63, 3.8) is 0 Å². The van der Waals surface area contributed by atoms with E-state index in [9.17, 15) is 9.90 Å². The van der Waals surface area contributed by atoms with E-state index in [1.807, 2.05) is 30.3 Å². The summed E-state index contributed by atoms with van der Waals surface area (Å²) in [5.74, 6) is -0.111. The van der Waals surface area contributed by atoms with Gasteiger partial charge in [0.1, 0.15) is 5.75 Å². The first-order valence-corrected chi connectivity index (χ1v) is 5.99. The second-order valence-corrected chi connectivity index (χ2v) is 4.08. The number of methoxy groups -OCH3 is 1. The number of rotatable bonds is 4. The molecule has 0 radical (unpaired) electrons. The molecule has 0 bridgehead atoms. The van der Waals surface area contributed by atoms with E-state index in [1.54, 1.807) is 12.3 Å². The Bertz CT molecular complexity index is 620. The second kappa shape index (κ2) is 6.00. The normalized spacial score (nSPS) is 11.0. The number of carbonyl (C=O) groups excluding carboxylic acids is 1. The van der Waals surface area contributed by atoms with E-state index in [4.69, 9.17) is 0 Å². The lowest BCUT2D eigenvalue weighted by Crippen LogP contribution is -2.01.